The zero-order chi connectivity index (χ0) is 13.7. The van der Waals surface area contributed by atoms with E-state index in [1.165, 1.54) is 0 Å². The Bertz CT molecular complexity index is 554. The molecular formula is C15H13BrO3. The fourth-order valence-corrected chi connectivity index (χ4v) is 2.17. The van der Waals surface area contributed by atoms with Crippen LogP contribution in [-0.2, 0) is 11.2 Å². The first-order valence-corrected chi connectivity index (χ1v) is 6.63. The maximum Gasteiger partial charge on any atom is 0.345 e. The summed E-state index contributed by atoms with van der Waals surface area (Å²) in [7, 11) is 0. The van der Waals surface area contributed by atoms with E-state index in [2.05, 4.69) is 15.9 Å². The summed E-state index contributed by atoms with van der Waals surface area (Å²) in [5.74, 6) is -0.409. The van der Waals surface area contributed by atoms with Gasteiger partial charge < -0.3 is 9.84 Å². The van der Waals surface area contributed by atoms with E-state index in [4.69, 9.17) is 4.74 Å². The Morgan fingerprint density at radius 3 is 2.53 bits per heavy atom. The molecule has 0 bridgehead atoms. The first-order chi connectivity index (χ1) is 9.15. The van der Waals surface area contributed by atoms with Crippen molar-refractivity contribution in [3.05, 3.63) is 64.6 Å². The lowest BCUT2D eigenvalue weighted by molar-refractivity contribution is -0.145. The lowest BCUT2D eigenvalue weighted by Gasteiger charge is -2.15. The summed E-state index contributed by atoms with van der Waals surface area (Å²) in [5, 5.41) is 9.23. The standard InChI is InChI=1S/C15H13BrO3/c16-12-6-4-5-11(9-12)10-14(15(17)18)19-13-7-2-1-3-8-13/h1-9,14H,10H2,(H,17,18). The second-order valence-electron chi connectivity index (χ2n) is 4.09. The SMILES string of the molecule is O=C(O)C(Cc1cccc(Br)c1)Oc1ccccc1. The number of carbonyl (C=O) groups is 1. The summed E-state index contributed by atoms with van der Waals surface area (Å²) in [6.07, 6.45) is -0.569. The first-order valence-electron chi connectivity index (χ1n) is 5.84. The van der Waals surface area contributed by atoms with E-state index in [0.717, 1.165) is 10.0 Å². The van der Waals surface area contributed by atoms with Gasteiger partial charge in [-0.05, 0) is 29.8 Å². The van der Waals surface area contributed by atoms with Gasteiger partial charge in [-0.1, -0.05) is 46.3 Å². The van der Waals surface area contributed by atoms with Crippen LogP contribution in [0.25, 0.3) is 0 Å². The third kappa shape index (κ3) is 4.10. The van der Waals surface area contributed by atoms with Crippen LogP contribution in [0.5, 0.6) is 5.75 Å². The Balaban J connectivity index is 2.11. The molecule has 98 valence electrons. The molecule has 0 saturated carbocycles. The van der Waals surface area contributed by atoms with Gasteiger partial charge in [-0.25, -0.2) is 4.79 Å². The van der Waals surface area contributed by atoms with Crippen LogP contribution in [0.2, 0.25) is 0 Å². The smallest absolute Gasteiger partial charge is 0.345 e. The summed E-state index contributed by atoms with van der Waals surface area (Å²) in [5.41, 5.74) is 0.915. The summed E-state index contributed by atoms with van der Waals surface area (Å²) in [4.78, 5) is 11.3. The molecule has 0 aliphatic carbocycles. The maximum absolute atomic E-state index is 11.3. The van der Waals surface area contributed by atoms with E-state index in [1.54, 1.807) is 12.1 Å². The second kappa shape index (κ2) is 6.38. The molecule has 19 heavy (non-hydrogen) atoms. The van der Waals surface area contributed by atoms with Gasteiger partial charge in [0.15, 0.2) is 6.10 Å². The van der Waals surface area contributed by atoms with Crippen molar-refractivity contribution < 1.29 is 14.6 Å². The van der Waals surface area contributed by atoms with Crippen molar-refractivity contribution in [1.29, 1.82) is 0 Å². The maximum atomic E-state index is 11.3. The van der Waals surface area contributed by atoms with Crippen LogP contribution in [0.15, 0.2) is 59.1 Å². The van der Waals surface area contributed by atoms with Crippen molar-refractivity contribution >= 4 is 21.9 Å². The van der Waals surface area contributed by atoms with Gasteiger partial charge >= 0.3 is 5.97 Å². The van der Waals surface area contributed by atoms with E-state index in [-0.39, 0.29) is 0 Å². The van der Waals surface area contributed by atoms with Gasteiger partial charge in [0.1, 0.15) is 5.75 Å². The zero-order valence-corrected chi connectivity index (χ0v) is 11.7. The van der Waals surface area contributed by atoms with E-state index >= 15 is 0 Å². The Morgan fingerprint density at radius 2 is 1.89 bits per heavy atom. The van der Waals surface area contributed by atoms with Crippen molar-refractivity contribution in [3.63, 3.8) is 0 Å². The number of halogens is 1. The van der Waals surface area contributed by atoms with Gasteiger partial charge in [-0.15, -0.1) is 0 Å². The van der Waals surface area contributed by atoms with Crippen LogP contribution in [0.3, 0.4) is 0 Å². The number of aliphatic carboxylic acids is 1. The van der Waals surface area contributed by atoms with Crippen LogP contribution in [-0.4, -0.2) is 17.2 Å². The van der Waals surface area contributed by atoms with E-state index in [1.807, 2.05) is 42.5 Å². The van der Waals surface area contributed by atoms with Crippen molar-refractivity contribution in [2.75, 3.05) is 0 Å². The van der Waals surface area contributed by atoms with Crippen molar-refractivity contribution in [2.24, 2.45) is 0 Å². The largest absolute Gasteiger partial charge is 0.478 e. The van der Waals surface area contributed by atoms with Gasteiger partial charge in [0.25, 0.3) is 0 Å². The third-order valence-electron chi connectivity index (χ3n) is 2.61. The highest BCUT2D eigenvalue weighted by atomic mass is 79.9. The highest BCUT2D eigenvalue weighted by molar-refractivity contribution is 9.10. The second-order valence-corrected chi connectivity index (χ2v) is 5.01. The molecular weight excluding hydrogens is 308 g/mol. The number of rotatable bonds is 5. The highest BCUT2D eigenvalue weighted by Gasteiger charge is 2.20. The van der Waals surface area contributed by atoms with Crippen LogP contribution in [0.4, 0.5) is 0 Å². The van der Waals surface area contributed by atoms with Gasteiger partial charge in [0, 0.05) is 10.9 Å². The molecule has 2 aromatic carbocycles. The van der Waals surface area contributed by atoms with Crippen LogP contribution in [0.1, 0.15) is 5.56 Å². The molecule has 0 aliphatic rings. The molecule has 1 unspecified atom stereocenters. The minimum absolute atomic E-state index is 0.323. The van der Waals surface area contributed by atoms with Crippen LogP contribution < -0.4 is 4.74 Å². The lowest BCUT2D eigenvalue weighted by atomic mass is 10.1. The Labute approximate surface area is 120 Å². The topological polar surface area (TPSA) is 46.5 Å². The predicted octanol–water partition coefficient (Wildman–Crippen LogP) is 3.52. The zero-order valence-electron chi connectivity index (χ0n) is 10.1. The van der Waals surface area contributed by atoms with Gasteiger partial charge in [-0.2, -0.15) is 0 Å². The van der Waals surface area contributed by atoms with E-state index < -0.39 is 12.1 Å². The van der Waals surface area contributed by atoms with Gasteiger partial charge in [-0.3, -0.25) is 0 Å². The molecule has 0 heterocycles. The number of carboxylic acids is 1. The predicted molar refractivity (Wildman–Crippen MR) is 76.3 cm³/mol. The summed E-state index contributed by atoms with van der Waals surface area (Å²) in [6.45, 7) is 0. The minimum atomic E-state index is -0.969. The fraction of sp³-hybridized carbons (Fsp3) is 0.133. The number of ether oxygens (including phenoxy) is 1. The monoisotopic (exact) mass is 320 g/mol. The molecule has 0 fully saturated rings. The minimum Gasteiger partial charge on any atom is -0.478 e. The quantitative estimate of drug-likeness (QED) is 0.916. The Morgan fingerprint density at radius 1 is 1.16 bits per heavy atom. The molecule has 0 radical (unpaired) electrons. The average molecular weight is 321 g/mol. The molecule has 0 spiro atoms. The average Bonchev–Trinajstić information content (AvgIpc) is 2.39. The number of para-hydroxylation sites is 1. The molecule has 1 N–H and O–H groups in total. The van der Waals surface area contributed by atoms with Gasteiger partial charge in [0.05, 0.1) is 0 Å². The van der Waals surface area contributed by atoms with Crippen LogP contribution in [0, 0.1) is 0 Å². The Kier molecular flexibility index (Phi) is 4.58. The lowest BCUT2D eigenvalue weighted by Crippen LogP contribution is -2.29. The van der Waals surface area contributed by atoms with E-state index in [0.29, 0.717) is 12.2 Å². The Hall–Kier alpha value is -1.81. The molecule has 0 saturated heterocycles. The fourth-order valence-electron chi connectivity index (χ4n) is 1.72. The van der Waals surface area contributed by atoms with Crippen molar-refractivity contribution in [1.82, 2.24) is 0 Å². The molecule has 0 amide bonds. The van der Waals surface area contributed by atoms with Crippen LogP contribution >= 0.6 is 15.9 Å². The van der Waals surface area contributed by atoms with Crippen molar-refractivity contribution in [3.8, 4) is 5.75 Å². The number of carboxylic acid groups (broad SMARTS) is 1. The number of hydrogen-bond donors (Lipinski definition) is 1. The van der Waals surface area contributed by atoms with Crippen molar-refractivity contribution in [2.45, 2.75) is 12.5 Å². The molecule has 4 heteroatoms. The molecule has 2 rings (SSSR count). The molecule has 3 nitrogen and oxygen atoms in total. The third-order valence-corrected chi connectivity index (χ3v) is 3.10. The van der Waals surface area contributed by atoms with Gasteiger partial charge in [0.2, 0.25) is 0 Å². The highest BCUT2D eigenvalue weighted by Crippen LogP contribution is 2.17. The number of benzene rings is 2. The summed E-state index contributed by atoms with van der Waals surface area (Å²) < 4.78 is 6.43. The summed E-state index contributed by atoms with van der Waals surface area (Å²) >= 11 is 3.37. The normalized spacial score (nSPS) is 11.8. The molecule has 0 aromatic heterocycles. The molecule has 1 atom stereocenters. The summed E-state index contributed by atoms with van der Waals surface area (Å²) in [6, 6.07) is 16.5. The number of hydrogen-bond acceptors (Lipinski definition) is 2. The van der Waals surface area contributed by atoms with E-state index in [9.17, 15) is 9.90 Å². The molecule has 0 aliphatic heterocycles. The molecule has 2 aromatic rings. The first kappa shape index (κ1) is 13.6.